The monoisotopic (exact) mass is 385 g/mol. The van der Waals surface area contributed by atoms with E-state index in [1.165, 1.54) is 6.08 Å². The Hall–Kier alpha value is -2.92. The Kier molecular flexibility index (Phi) is 7.77. The molecule has 0 aliphatic rings. The molecule has 0 atom stereocenters. The van der Waals surface area contributed by atoms with E-state index >= 15 is 0 Å². The minimum absolute atomic E-state index is 0.0713. The number of Topliss-reactive ketones (excluding diaryl/α,β-unsaturated/α-hetero) is 1. The van der Waals surface area contributed by atoms with Crippen LogP contribution in [0.25, 0.3) is 6.08 Å². The molecule has 2 aromatic carbocycles. The topological polar surface area (TPSA) is 72.5 Å². The molecule has 6 heteroatoms. The van der Waals surface area contributed by atoms with Crippen LogP contribution >= 0.6 is 11.6 Å². The Morgan fingerprint density at radius 1 is 1.04 bits per heavy atom. The molecule has 0 bridgehead atoms. The lowest BCUT2D eigenvalue weighted by atomic mass is 10.1. The van der Waals surface area contributed by atoms with E-state index in [9.17, 15) is 14.4 Å². The van der Waals surface area contributed by atoms with Crippen LogP contribution in [-0.2, 0) is 14.3 Å². The summed E-state index contributed by atoms with van der Waals surface area (Å²) in [4.78, 5) is 35.4. The highest BCUT2D eigenvalue weighted by molar-refractivity contribution is 6.30. The summed E-state index contributed by atoms with van der Waals surface area (Å²) >= 11 is 5.79. The Morgan fingerprint density at radius 2 is 1.70 bits per heavy atom. The summed E-state index contributed by atoms with van der Waals surface area (Å²) in [7, 11) is 0. The lowest BCUT2D eigenvalue weighted by Gasteiger charge is -2.06. The van der Waals surface area contributed by atoms with Crippen molar-refractivity contribution in [2.75, 3.05) is 11.9 Å². The first-order valence-electron chi connectivity index (χ1n) is 8.51. The summed E-state index contributed by atoms with van der Waals surface area (Å²) in [5.41, 5.74) is 1.81. The van der Waals surface area contributed by atoms with E-state index in [1.807, 2.05) is 6.92 Å². The van der Waals surface area contributed by atoms with Crippen LogP contribution in [0.5, 0.6) is 0 Å². The van der Waals surface area contributed by atoms with Crippen LogP contribution in [0.2, 0.25) is 5.02 Å². The highest BCUT2D eigenvalue weighted by atomic mass is 35.5. The van der Waals surface area contributed by atoms with E-state index in [0.29, 0.717) is 22.7 Å². The molecule has 1 amide bonds. The van der Waals surface area contributed by atoms with Gasteiger partial charge in [-0.2, -0.15) is 0 Å². The lowest BCUT2D eigenvalue weighted by molar-refractivity contribution is -0.136. The predicted octanol–water partition coefficient (Wildman–Crippen LogP) is 4.52. The van der Waals surface area contributed by atoms with E-state index in [1.54, 1.807) is 54.6 Å². The second-order valence-corrected chi connectivity index (χ2v) is 6.23. The number of anilines is 1. The molecule has 0 aliphatic heterocycles. The molecule has 140 valence electrons. The summed E-state index contributed by atoms with van der Waals surface area (Å²) in [5.74, 6) is -1.01. The predicted molar refractivity (Wildman–Crippen MR) is 106 cm³/mol. The van der Waals surface area contributed by atoms with Crippen LogP contribution in [0.1, 0.15) is 35.7 Å². The number of ketones is 1. The van der Waals surface area contributed by atoms with Crippen molar-refractivity contribution in [1.82, 2.24) is 0 Å². The molecule has 1 N–H and O–H groups in total. The SMILES string of the molecule is CCCC(=O)Nc1ccc(C(=O)COC(=O)/C=C/c2ccc(Cl)cc2)cc1. The van der Waals surface area contributed by atoms with Gasteiger partial charge in [0.15, 0.2) is 12.4 Å². The second kappa shape index (κ2) is 10.3. The fourth-order valence-electron chi connectivity index (χ4n) is 2.20. The number of benzene rings is 2. The Balaban J connectivity index is 1.83. The summed E-state index contributed by atoms with van der Waals surface area (Å²) in [6.45, 7) is 1.57. The van der Waals surface area contributed by atoms with E-state index in [0.717, 1.165) is 12.0 Å². The van der Waals surface area contributed by atoms with Crippen LogP contribution in [0.3, 0.4) is 0 Å². The summed E-state index contributed by atoms with van der Waals surface area (Å²) in [6, 6.07) is 13.4. The molecule has 0 spiro atoms. The Morgan fingerprint density at radius 3 is 2.33 bits per heavy atom. The molecule has 27 heavy (non-hydrogen) atoms. The Bertz CT molecular complexity index is 826. The number of ether oxygens (including phenoxy) is 1. The number of hydrogen-bond donors (Lipinski definition) is 1. The molecule has 0 aromatic heterocycles. The number of hydrogen-bond acceptors (Lipinski definition) is 4. The maximum Gasteiger partial charge on any atom is 0.331 e. The first-order valence-corrected chi connectivity index (χ1v) is 8.89. The van der Waals surface area contributed by atoms with Crippen molar-refractivity contribution in [3.8, 4) is 0 Å². The number of halogens is 1. The average molecular weight is 386 g/mol. The first-order chi connectivity index (χ1) is 13.0. The average Bonchev–Trinajstić information content (AvgIpc) is 2.66. The van der Waals surface area contributed by atoms with Gasteiger partial charge in [0.1, 0.15) is 0 Å². The molecule has 0 saturated carbocycles. The van der Waals surface area contributed by atoms with Gasteiger partial charge >= 0.3 is 5.97 Å². The van der Waals surface area contributed by atoms with Crippen molar-refractivity contribution in [2.45, 2.75) is 19.8 Å². The van der Waals surface area contributed by atoms with Crippen molar-refractivity contribution in [1.29, 1.82) is 0 Å². The van der Waals surface area contributed by atoms with Crippen LogP contribution in [0.4, 0.5) is 5.69 Å². The van der Waals surface area contributed by atoms with E-state index < -0.39 is 5.97 Å². The minimum Gasteiger partial charge on any atom is -0.454 e. The molecule has 2 rings (SSSR count). The highest BCUT2D eigenvalue weighted by Crippen LogP contribution is 2.12. The molecule has 0 aliphatic carbocycles. The lowest BCUT2D eigenvalue weighted by Crippen LogP contribution is -2.13. The maximum atomic E-state index is 12.1. The molecule has 0 radical (unpaired) electrons. The van der Waals surface area contributed by atoms with Crippen LogP contribution in [0, 0.1) is 0 Å². The fraction of sp³-hybridized carbons (Fsp3) is 0.190. The van der Waals surface area contributed by atoms with Gasteiger partial charge in [-0.05, 0) is 54.5 Å². The summed E-state index contributed by atoms with van der Waals surface area (Å²) < 4.78 is 4.96. The molecule has 0 fully saturated rings. The van der Waals surface area contributed by atoms with Gasteiger partial charge in [0, 0.05) is 28.8 Å². The number of carbonyl (C=O) groups excluding carboxylic acids is 3. The largest absolute Gasteiger partial charge is 0.454 e. The van der Waals surface area contributed by atoms with Crippen molar-refractivity contribution >= 4 is 41.0 Å². The van der Waals surface area contributed by atoms with Crippen molar-refractivity contribution in [3.63, 3.8) is 0 Å². The molecular formula is C21H20ClNO4. The van der Waals surface area contributed by atoms with Gasteiger partial charge in [-0.15, -0.1) is 0 Å². The molecule has 0 saturated heterocycles. The number of esters is 1. The van der Waals surface area contributed by atoms with Gasteiger partial charge in [-0.3, -0.25) is 9.59 Å². The number of nitrogens with one attached hydrogen (secondary N) is 1. The normalized spacial score (nSPS) is 10.6. The van der Waals surface area contributed by atoms with Crippen molar-refractivity contribution < 1.29 is 19.1 Å². The minimum atomic E-state index is -0.609. The maximum absolute atomic E-state index is 12.1. The third-order valence-electron chi connectivity index (χ3n) is 3.60. The van der Waals surface area contributed by atoms with Crippen LogP contribution in [0.15, 0.2) is 54.6 Å². The standard InChI is InChI=1S/C21H20ClNO4/c1-2-3-20(25)23-18-11-7-16(8-12-18)19(24)14-27-21(26)13-6-15-4-9-17(22)10-5-15/h4-13H,2-3,14H2,1H3,(H,23,25)/b13-6+. The van der Waals surface area contributed by atoms with Gasteiger partial charge in [-0.1, -0.05) is 30.7 Å². The quantitative estimate of drug-likeness (QED) is 0.412. The summed E-state index contributed by atoms with van der Waals surface area (Å²) in [5, 5.41) is 3.35. The van der Waals surface area contributed by atoms with Crippen molar-refractivity contribution in [2.24, 2.45) is 0 Å². The summed E-state index contributed by atoms with van der Waals surface area (Å²) in [6.07, 6.45) is 4.04. The third kappa shape index (κ3) is 7.07. The van der Waals surface area contributed by atoms with Gasteiger partial charge in [0.05, 0.1) is 0 Å². The molecule has 0 unspecified atom stereocenters. The number of amides is 1. The van der Waals surface area contributed by atoms with Gasteiger partial charge in [0.2, 0.25) is 5.91 Å². The van der Waals surface area contributed by atoms with Gasteiger partial charge in [-0.25, -0.2) is 4.79 Å². The number of carbonyl (C=O) groups is 3. The fourth-order valence-corrected chi connectivity index (χ4v) is 2.32. The molecule has 0 heterocycles. The van der Waals surface area contributed by atoms with E-state index in [2.05, 4.69) is 5.32 Å². The van der Waals surface area contributed by atoms with E-state index in [-0.39, 0.29) is 18.3 Å². The zero-order valence-electron chi connectivity index (χ0n) is 14.9. The van der Waals surface area contributed by atoms with Crippen molar-refractivity contribution in [3.05, 3.63) is 70.8 Å². The van der Waals surface area contributed by atoms with Crippen LogP contribution in [-0.4, -0.2) is 24.3 Å². The first kappa shape index (κ1) is 20.4. The third-order valence-corrected chi connectivity index (χ3v) is 3.85. The molecular weight excluding hydrogens is 366 g/mol. The number of rotatable bonds is 8. The van der Waals surface area contributed by atoms with Gasteiger partial charge in [0.25, 0.3) is 0 Å². The van der Waals surface area contributed by atoms with Crippen LogP contribution < -0.4 is 5.32 Å². The van der Waals surface area contributed by atoms with E-state index in [4.69, 9.17) is 16.3 Å². The Labute approximate surface area is 163 Å². The molecule has 5 nitrogen and oxygen atoms in total. The second-order valence-electron chi connectivity index (χ2n) is 5.79. The molecule has 2 aromatic rings. The highest BCUT2D eigenvalue weighted by Gasteiger charge is 2.09. The zero-order chi connectivity index (χ0) is 19.6. The zero-order valence-corrected chi connectivity index (χ0v) is 15.7. The smallest absolute Gasteiger partial charge is 0.331 e. The van der Waals surface area contributed by atoms with Gasteiger partial charge < -0.3 is 10.1 Å².